The summed E-state index contributed by atoms with van der Waals surface area (Å²) in [5.74, 6) is -2.41. The molecule has 0 heterocycles. The van der Waals surface area contributed by atoms with Crippen LogP contribution in [0.3, 0.4) is 0 Å². The van der Waals surface area contributed by atoms with Crippen molar-refractivity contribution in [2.24, 2.45) is 0 Å². The van der Waals surface area contributed by atoms with Crippen molar-refractivity contribution in [2.75, 3.05) is 0 Å². The van der Waals surface area contributed by atoms with E-state index in [4.69, 9.17) is 16.7 Å². The van der Waals surface area contributed by atoms with Crippen molar-refractivity contribution in [1.29, 1.82) is 0 Å². The molecule has 0 aliphatic rings. The molecule has 0 unspecified atom stereocenters. The molecular weight excluding hydrogens is 378 g/mol. The van der Waals surface area contributed by atoms with Gasteiger partial charge in [0.1, 0.15) is 10.8 Å². The van der Waals surface area contributed by atoms with E-state index < -0.39 is 16.9 Å². The van der Waals surface area contributed by atoms with Crippen LogP contribution >= 0.6 is 11.6 Å². The predicted molar refractivity (Wildman–Crippen MR) is 98.6 cm³/mol. The van der Waals surface area contributed by atoms with Crippen LogP contribution in [-0.4, -0.2) is 32.9 Å². The third kappa shape index (κ3) is 5.35. The fourth-order valence-corrected chi connectivity index (χ4v) is 2.47. The predicted octanol–water partition coefficient (Wildman–Crippen LogP) is 4.22. The number of hydrogen-bond donors (Lipinski definition) is 2. The zero-order valence-corrected chi connectivity index (χ0v) is 15.4. The molecule has 0 radical (unpaired) electrons. The SMILES string of the molecule is CC(C)=O.Cc1c(C(=O)O)ccc(-c2ccc(Cl)c([N+](=O)[O-])c2)c1C(=O)O. The Morgan fingerprint density at radius 3 is 2.04 bits per heavy atom. The maximum Gasteiger partial charge on any atom is 0.336 e. The number of rotatable bonds is 4. The highest BCUT2D eigenvalue weighted by atomic mass is 35.5. The number of halogens is 1. The van der Waals surface area contributed by atoms with Gasteiger partial charge in [-0.3, -0.25) is 10.1 Å². The molecular formula is C18H16ClNO7. The summed E-state index contributed by atoms with van der Waals surface area (Å²) in [6, 6.07) is 6.47. The number of Topliss-reactive ketones (excluding diaryl/α,β-unsaturated/α-hetero) is 1. The monoisotopic (exact) mass is 393 g/mol. The molecule has 2 aromatic carbocycles. The maximum atomic E-state index is 11.5. The van der Waals surface area contributed by atoms with E-state index in [1.54, 1.807) is 0 Å². The van der Waals surface area contributed by atoms with Gasteiger partial charge in [0.15, 0.2) is 0 Å². The number of benzene rings is 2. The highest BCUT2D eigenvalue weighted by molar-refractivity contribution is 6.32. The van der Waals surface area contributed by atoms with Crippen molar-refractivity contribution in [3.8, 4) is 11.1 Å². The van der Waals surface area contributed by atoms with Gasteiger partial charge < -0.3 is 15.0 Å². The summed E-state index contributed by atoms with van der Waals surface area (Å²) in [7, 11) is 0. The van der Waals surface area contributed by atoms with Crippen LogP contribution in [0.2, 0.25) is 5.02 Å². The minimum atomic E-state index is -1.32. The Morgan fingerprint density at radius 1 is 1.04 bits per heavy atom. The number of nitrogens with zero attached hydrogens (tertiary/aromatic N) is 1. The number of carboxylic acid groups (broad SMARTS) is 2. The van der Waals surface area contributed by atoms with Crippen molar-refractivity contribution in [1.82, 2.24) is 0 Å². The first-order chi connectivity index (χ1) is 12.5. The molecule has 2 rings (SSSR count). The van der Waals surface area contributed by atoms with E-state index in [0.717, 1.165) is 6.07 Å². The molecule has 27 heavy (non-hydrogen) atoms. The smallest absolute Gasteiger partial charge is 0.336 e. The average Bonchev–Trinajstić information content (AvgIpc) is 2.53. The molecule has 0 saturated carbocycles. The van der Waals surface area contributed by atoms with Gasteiger partial charge in [-0.25, -0.2) is 9.59 Å². The molecule has 2 N–H and O–H groups in total. The summed E-state index contributed by atoms with van der Waals surface area (Å²) in [4.78, 5) is 42.4. The largest absolute Gasteiger partial charge is 0.478 e. The average molecular weight is 394 g/mol. The molecule has 0 aromatic heterocycles. The molecule has 142 valence electrons. The van der Waals surface area contributed by atoms with Crippen molar-refractivity contribution >= 4 is 35.0 Å². The highest BCUT2D eigenvalue weighted by Crippen LogP contribution is 2.33. The Labute approximate surface area is 159 Å². The van der Waals surface area contributed by atoms with Crippen LogP contribution in [-0.2, 0) is 4.79 Å². The summed E-state index contributed by atoms with van der Waals surface area (Å²) >= 11 is 5.74. The van der Waals surface area contributed by atoms with Gasteiger partial charge in [-0.15, -0.1) is 0 Å². The van der Waals surface area contributed by atoms with Crippen molar-refractivity contribution in [3.05, 3.63) is 62.2 Å². The third-order valence-electron chi connectivity index (χ3n) is 3.36. The highest BCUT2D eigenvalue weighted by Gasteiger charge is 2.22. The molecule has 2 aromatic rings. The summed E-state index contributed by atoms with van der Waals surface area (Å²) in [5.41, 5.74) is -0.213. The number of ketones is 1. The Bertz CT molecular complexity index is 934. The lowest BCUT2D eigenvalue weighted by molar-refractivity contribution is -0.384. The quantitative estimate of drug-likeness (QED) is 0.586. The number of nitro benzene ring substituents is 1. The second kappa shape index (κ2) is 8.91. The molecule has 0 spiro atoms. The van der Waals surface area contributed by atoms with E-state index >= 15 is 0 Å². The molecule has 0 saturated heterocycles. The zero-order valence-electron chi connectivity index (χ0n) is 14.6. The molecule has 0 aliphatic carbocycles. The normalized spacial score (nSPS) is 9.78. The summed E-state index contributed by atoms with van der Waals surface area (Å²) in [5, 5.41) is 29.4. The van der Waals surface area contributed by atoms with Crippen LogP contribution < -0.4 is 0 Å². The molecule has 0 fully saturated rings. The van der Waals surface area contributed by atoms with E-state index in [2.05, 4.69) is 0 Å². The lowest BCUT2D eigenvalue weighted by Crippen LogP contribution is -2.09. The van der Waals surface area contributed by atoms with Crippen LogP contribution in [0.1, 0.15) is 40.1 Å². The molecule has 0 amide bonds. The van der Waals surface area contributed by atoms with Gasteiger partial charge >= 0.3 is 11.9 Å². The number of aromatic carboxylic acids is 2. The van der Waals surface area contributed by atoms with Crippen molar-refractivity contribution in [2.45, 2.75) is 20.8 Å². The van der Waals surface area contributed by atoms with Gasteiger partial charge in [0.05, 0.1) is 16.1 Å². The molecule has 0 atom stereocenters. The van der Waals surface area contributed by atoms with Gasteiger partial charge in [-0.2, -0.15) is 0 Å². The van der Waals surface area contributed by atoms with Crippen LogP contribution in [0.25, 0.3) is 11.1 Å². The van der Waals surface area contributed by atoms with Crippen LogP contribution in [0.5, 0.6) is 0 Å². The van der Waals surface area contributed by atoms with E-state index in [-0.39, 0.29) is 44.3 Å². The van der Waals surface area contributed by atoms with Gasteiger partial charge in [-0.05, 0) is 49.6 Å². The number of carbonyl (C=O) groups excluding carboxylic acids is 1. The number of carboxylic acids is 2. The van der Waals surface area contributed by atoms with Gasteiger partial charge in [0.25, 0.3) is 5.69 Å². The summed E-state index contributed by atoms with van der Waals surface area (Å²) in [6.45, 7) is 4.43. The van der Waals surface area contributed by atoms with Gasteiger partial charge in [0.2, 0.25) is 0 Å². The number of hydrogen-bond acceptors (Lipinski definition) is 5. The fourth-order valence-electron chi connectivity index (χ4n) is 2.28. The first-order valence-electron chi connectivity index (χ1n) is 7.49. The minimum Gasteiger partial charge on any atom is -0.478 e. The number of carbonyl (C=O) groups is 3. The molecule has 0 aliphatic heterocycles. The zero-order chi connectivity index (χ0) is 20.9. The topological polar surface area (TPSA) is 135 Å². The maximum absolute atomic E-state index is 11.5. The molecule has 0 bridgehead atoms. The standard InChI is InChI=1S/C15H10ClNO6.C3H6O/c1-7-9(14(18)19)3-4-10(13(7)15(20)21)8-2-5-11(16)12(6-8)17(22)23;1-3(2)4/h2-6H,1H3,(H,18,19)(H,20,21);1-2H3. The number of nitro groups is 1. The summed E-state index contributed by atoms with van der Waals surface area (Å²) < 4.78 is 0. The molecule has 8 nitrogen and oxygen atoms in total. The fraction of sp³-hybridized carbons (Fsp3) is 0.167. The van der Waals surface area contributed by atoms with Gasteiger partial charge in [0, 0.05) is 6.07 Å². The second-order valence-electron chi connectivity index (χ2n) is 5.60. The van der Waals surface area contributed by atoms with E-state index in [1.807, 2.05) is 0 Å². The van der Waals surface area contributed by atoms with Crippen molar-refractivity contribution in [3.63, 3.8) is 0 Å². The first kappa shape index (κ1) is 21.8. The third-order valence-corrected chi connectivity index (χ3v) is 3.68. The van der Waals surface area contributed by atoms with E-state index in [1.165, 1.54) is 45.0 Å². The van der Waals surface area contributed by atoms with Gasteiger partial charge in [-0.1, -0.05) is 23.7 Å². The van der Waals surface area contributed by atoms with Crippen LogP contribution in [0, 0.1) is 17.0 Å². The summed E-state index contributed by atoms with van der Waals surface area (Å²) in [6.07, 6.45) is 0. The lowest BCUT2D eigenvalue weighted by atomic mass is 9.92. The van der Waals surface area contributed by atoms with Crippen molar-refractivity contribution < 1.29 is 29.5 Å². The Morgan fingerprint density at radius 2 is 1.59 bits per heavy atom. The first-order valence-corrected chi connectivity index (χ1v) is 7.86. The van der Waals surface area contributed by atoms with E-state index in [0.29, 0.717) is 0 Å². The van der Waals surface area contributed by atoms with Crippen LogP contribution in [0.15, 0.2) is 30.3 Å². The van der Waals surface area contributed by atoms with E-state index in [9.17, 15) is 29.6 Å². The Kier molecular flexibility index (Phi) is 7.18. The van der Waals surface area contributed by atoms with Crippen LogP contribution in [0.4, 0.5) is 5.69 Å². The lowest BCUT2D eigenvalue weighted by Gasteiger charge is -2.12. The molecule has 9 heteroatoms. The second-order valence-corrected chi connectivity index (χ2v) is 6.01. The minimum absolute atomic E-state index is 0.0695. The Hall–Kier alpha value is -3.26. The Balaban J connectivity index is 0.000000828.